The molecule has 0 spiro atoms. The predicted molar refractivity (Wildman–Crippen MR) is 73.5 cm³/mol. The highest BCUT2D eigenvalue weighted by molar-refractivity contribution is 5.87. The third-order valence-electron chi connectivity index (χ3n) is 5.27. The first-order valence-electron chi connectivity index (χ1n) is 6.53. The maximum Gasteiger partial charge on any atom is 0.341 e. The summed E-state index contributed by atoms with van der Waals surface area (Å²) < 4.78 is 1.89. The summed E-state index contributed by atoms with van der Waals surface area (Å²) in [5.74, 6) is -0.670. The highest BCUT2D eigenvalue weighted by Crippen LogP contribution is 2.68. The molecule has 0 saturated heterocycles. The smallest absolute Gasteiger partial charge is 0.341 e. The highest BCUT2D eigenvalue weighted by atomic mass is 16.4. The van der Waals surface area contributed by atoms with Gasteiger partial charge in [-0.05, 0) is 23.7 Å². The number of carbonyl (C=O) groups is 1. The average molecular weight is 263 g/mol. The molecule has 0 aromatic carbocycles. The van der Waals surface area contributed by atoms with Crippen LogP contribution >= 0.6 is 0 Å². The van der Waals surface area contributed by atoms with Crippen molar-refractivity contribution in [3.8, 4) is 0 Å². The van der Waals surface area contributed by atoms with Crippen LogP contribution in [0.15, 0.2) is 17.1 Å². The molecule has 1 N–H and O–H groups in total. The molecule has 1 saturated carbocycles. The molecule has 1 aromatic rings. The Morgan fingerprint density at radius 3 is 2.26 bits per heavy atom. The fourth-order valence-corrected chi connectivity index (χ4v) is 3.02. The summed E-state index contributed by atoms with van der Waals surface area (Å²) in [6, 6.07) is 1.41. The van der Waals surface area contributed by atoms with Crippen molar-refractivity contribution in [2.75, 3.05) is 0 Å². The third-order valence-corrected chi connectivity index (χ3v) is 5.27. The predicted octanol–water partition coefficient (Wildman–Crippen LogP) is 2.54. The molecule has 1 aliphatic carbocycles. The molecular formula is C15H21NO3. The van der Waals surface area contributed by atoms with Crippen LogP contribution in [-0.4, -0.2) is 15.6 Å². The van der Waals surface area contributed by atoms with Crippen LogP contribution in [0, 0.1) is 23.7 Å². The molecule has 0 bridgehead atoms. The first kappa shape index (κ1) is 13.8. The Hall–Kier alpha value is -1.58. The molecule has 0 atom stereocenters. The quantitative estimate of drug-likeness (QED) is 0.911. The molecule has 0 unspecified atom stereocenters. The average Bonchev–Trinajstić information content (AvgIpc) is 2.63. The van der Waals surface area contributed by atoms with E-state index in [0.717, 1.165) is 12.2 Å². The van der Waals surface area contributed by atoms with Crippen molar-refractivity contribution in [2.45, 2.75) is 41.2 Å². The van der Waals surface area contributed by atoms with Crippen molar-refractivity contribution in [1.82, 2.24) is 4.57 Å². The van der Waals surface area contributed by atoms with Crippen LogP contribution in [0.3, 0.4) is 0 Å². The van der Waals surface area contributed by atoms with Crippen LogP contribution in [0.2, 0.25) is 0 Å². The fraction of sp³-hybridized carbons (Fsp3) is 0.600. The van der Waals surface area contributed by atoms with Crippen molar-refractivity contribution in [3.05, 3.63) is 33.7 Å². The second-order valence-corrected chi connectivity index (χ2v) is 6.65. The van der Waals surface area contributed by atoms with Gasteiger partial charge in [-0.25, -0.2) is 4.79 Å². The lowest BCUT2D eigenvalue weighted by Crippen LogP contribution is -2.20. The van der Waals surface area contributed by atoms with E-state index in [4.69, 9.17) is 5.11 Å². The maximum absolute atomic E-state index is 11.6. The van der Waals surface area contributed by atoms with Gasteiger partial charge in [0.2, 0.25) is 0 Å². The summed E-state index contributed by atoms with van der Waals surface area (Å²) in [5, 5.41) is 9.02. The van der Waals surface area contributed by atoms with E-state index in [9.17, 15) is 9.59 Å². The van der Waals surface area contributed by atoms with Gasteiger partial charge in [-0.1, -0.05) is 27.7 Å². The largest absolute Gasteiger partial charge is 0.477 e. The topological polar surface area (TPSA) is 59.3 Å². The van der Waals surface area contributed by atoms with E-state index < -0.39 is 11.4 Å². The molecule has 1 aliphatic rings. The number of nitrogens with zero attached hydrogens (tertiary/aromatic N) is 1. The maximum atomic E-state index is 11.6. The van der Waals surface area contributed by atoms with E-state index in [2.05, 4.69) is 27.7 Å². The Morgan fingerprint density at radius 2 is 1.84 bits per heavy atom. The van der Waals surface area contributed by atoms with E-state index in [1.807, 2.05) is 11.5 Å². The van der Waals surface area contributed by atoms with Gasteiger partial charge in [0.1, 0.15) is 5.56 Å². The zero-order valence-electron chi connectivity index (χ0n) is 12.2. The number of hydrogen-bond acceptors (Lipinski definition) is 2. The SMILES string of the molecule is Cc1cc(=O)c(C(=O)O)cn1CC1C(C)(C)C1(C)C. The first-order valence-corrected chi connectivity index (χ1v) is 6.53. The van der Waals surface area contributed by atoms with E-state index in [0.29, 0.717) is 5.92 Å². The second-order valence-electron chi connectivity index (χ2n) is 6.65. The summed E-state index contributed by atoms with van der Waals surface area (Å²) in [6.45, 7) is 11.5. The molecule has 2 rings (SSSR count). The van der Waals surface area contributed by atoms with Gasteiger partial charge >= 0.3 is 5.97 Å². The Labute approximate surface area is 113 Å². The normalized spacial score (nSPS) is 20.3. The molecule has 0 aliphatic heterocycles. The lowest BCUT2D eigenvalue weighted by atomic mass is 10.0. The number of aromatic nitrogens is 1. The van der Waals surface area contributed by atoms with Gasteiger partial charge in [-0.3, -0.25) is 4.79 Å². The number of pyridine rings is 1. The van der Waals surface area contributed by atoms with Crippen molar-refractivity contribution in [2.24, 2.45) is 16.7 Å². The number of aromatic carboxylic acids is 1. The summed E-state index contributed by atoms with van der Waals surface area (Å²) in [7, 11) is 0. The van der Waals surface area contributed by atoms with E-state index in [1.165, 1.54) is 12.3 Å². The third kappa shape index (κ3) is 1.99. The molecule has 104 valence electrons. The lowest BCUT2D eigenvalue weighted by molar-refractivity contribution is 0.0694. The molecular weight excluding hydrogens is 242 g/mol. The number of carboxylic acid groups (broad SMARTS) is 1. The van der Waals surface area contributed by atoms with Crippen LogP contribution in [0.5, 0.6) is 0 Å². The van der Waals surface area contributed by atoms with E-state index in [1.54, 1.807) is 0 Å². The van der Waals surface area contributed by atoms with Crippen LogP contribution in [0.1, 0.15) is 43.7 Å². The van der Waals surface area contributed by atoms with Crippen molar-refractivity contribution >= 4 is 5.97 Å². The zero-order chi connectivity index (χ0) is 14.6. The monoisotopic (exact) mass is 263 g/mol. The van der Waals surface area contributed by atoms with Gasteiger partial charge in [0.15, 0.2) is 5.43 Å². The molecule has 1 fully saturated rings. The van der Waals surface area contributed by atoms with Crippen molar-refractivity contribution in [1.29, 1.82) is 0 Å². The van der Waals surface area contributed by atoms with Gasteiger partial charge in [-0.15, -0.1) is 0 Å². The summed E-state index contributed by atoms with van der Waals surface area (Å²) in [4.78, 5) is 22.6. The molecule has 4 heteroatoms. The van der Waals surface area contributed by atoms with Gasteiger partial charge in [-0.2, -0.15) is 0 Å². The second kappa shape index (κ2) is 3.95. The minimum absolute atomic E-state index is 0.151. The summed E-state index contributed by atoms with van der Waals surface area (Å²) >= 11 is 0. The van der Waals surface area contributed by atoms with Gasteiger partial charge in [0, 0.05) is 24.5 Å². The van der Waals surface area contributed by atoms with Crippen molar-refractivity contribution < 1.29 is 9.90 Å². The van der Waals surface area contributed by atoms with Crippen molar-refractivity contribution in [3.63, 3.8) is 0 Å². The standard InChI is InChI=1S/C15H21NO3/c1-9-6-11(17)10(13(18)19)7-16(9)8-12-14(2,3)15(12,4)5/h6-7,12H,8H2,1-5H3,(H,18,19). The van der Waals surface area contributed by atoms with Gasteiger partial charge < -0.3 is 9.67 Å². The Balaban J connectivity index is 2.35. The number of rotatable bonds is 3. The van der Waals surface area contributed by atoms with E-state index >= 15 is 0 Å². The molecule has 0 radical (unpaired) electrons. The Bertz CT molecular complexity index is 582. The fourth-order valence-electron chi connectivity index (χ4n) is 3.02. The molecule has 1 aromatic heterocycles. The summed E-state index contributed by atoms with van der Waals surface area (Å²) in [5.41, 5.74) is 0.726. The van der Waals surface area contributed by atoms with Crippen LogP contribution in [0.4, 0.5) is 0 Å². The highest BCUT2D eigenvalue weighted by Gasteiger charge is 2.64. The van der Waals surface area contributed by atoms with Crippen LogP contribution in [-0.2, 0) is 6.54 Å². The van der Waals surface area contributed by atoms with Crippen LogP contribution < -0.4 is 5.43 Å². The first-order chi connectivity index (χ1) is 8.59. The Morgan fingerprint density at radius 1 is 1.32 bits per heavy atom. The van der Waals surface area contributed by atoms with Gasteiger partial charge in [0.05, 0.1) is 0 Å². The molecule has 19 heavy (non-hydrogen) atoms. The molecule has 1 heterocycles. The number of carboxylic acids is 1. The lowest BCUT2D eigenvalue weighted by Gasteiger charge is -2.12. The number of hydrogen-bond donors (Lipinski definition) is 1. The summed E-state index contributed by atoms with van der Waals surface area (Å²) in [6.07, 6.45) is 1.48. The van der Waals surface area contributed by atoms with E-state index in [-0.39, 0.29) is 16.4 Å². The molecule has 4 nitrogen and oxygen atoms in total. The Kier molecular flexibility index (Phi) is 2.88. The van der Waals surface area contributed by atoms with Crippen LogP contribution in [0.25, 0.3) is 0 Å². The number of aryl methyl sites for hydroxylation is 1. The zero-order valence-corrected chi connectivity index (χ0v) is 12.2. The minimum atomic E-state index is -1.16. The minimum Gasteiger partial charge on any atom is -0.477 e. The van der Waals surface area contributed by atoms with Gasteiger partial charge in [0.25, 0.3) is 0 Å². The molecule has 0 amide bonds.